The Balaban J connectivity index is 2.27. The summed E-state index contributed by atoms with van der Waals surface area (Å²) >= 11 is 2.12. The number of hydrogen-bond acceptors (Lipinski definition) is 4. The molecule has 2 aromatic rings. The van der Waals surface area contributed by atoms with E-state index in [4.69, 9.17) is 8.61 Å². The Kier molecular flexibility index (Phi) is 9.51. The fourth-order valence-corrected chi connectivity index (χ4v) is 9.73. The van der Waals surface area contributed by atoms with E-state index in [1.807, 2.05) is 12.1 Å². The molecule has 31 heavy (non-hydrogen) atoms. The quantitative estimate of drug-likeness (QED) is 0.164. The second-order valence-corrected chi connectivity index (χ2v) is 16.2. The van der Waals surface area contributed by atoms with Crippen LogP contribution < -0.4 is 10.4 Å². The summed E-state index contributed by atoms with van der Waals surface area (Å²) in [6.45, 7) is 11.2. The van der Waals surface area contributed by atoms with Gasteiger partial charge in [0.05, 0.1) is 12.4 Å². The van der Waals surface area contributed by atoms with Crippen LogP contribution in [0.5, 0.6) is 0 Å². The van der Waals surface area contributed by atoms with Crippen LogP contribution in [0.25, 0.3) is 0 Å². The molecule has 170 valence electrons. The molecule has 0 bridgehead atoms. The van der Waals surface area contributed by atoms with Crippen LogP contribution in [0.2, 0.25) is 5.04 Å². The van der Waals surface area contributed by atoms with Crippen molar-refractivity contribution in [2.75, 3.05) is 12.9 Å². The fraction of sp³-hybridized carbons (Fsp3) is 0.417. The maximum atomic E-state index is 11.6. The van der Waals surface area contributed by atoms with Crippen LogP contribution in [0, 0.1) is 0 Å². The lowest BCUT2D eigenvalue weighted by molar-refractivity contribution is 0.185. The molecule has 0 aliphatic rings. The van der Waals surface area contributed by atoms with Crippen LogP contribution in [-0.4, -0.2) is 35.7 Å². The predicted octanol–water partition coefficient (Wildman–Crippen LogP) is 5.03. The summed E-state index contributed by atoms with van der Waals surface area (Å²) < 4.78 is 36.3. The highest BCUT2D eigenvalue weighted by molar-refractivity contribution is 14.1. The van der Waals surface area contributed by atoms with E-state index in [0.717, 1.165) is 9.84 Å². The van der Waals surface area contributed by atoms with Crippen molar-refractivity contribution in [2.24, 2.45) is 0 Å². The Morgan fingerprint density at radius 3 is 1.90 bits per heavy atom. The van der Waals surface area contributed by atoms with E-state index in [9.17, 15) is 8.42 Å². The van der Waals surface area contributed by atoms with Gasteiger partial charge in [-0.25, -0.2) is 0 Å². The molecule has 0 aliphatic carbocycles. The summed E-state index contributed by atoms with van der Waals surface area (Å²) in [5.74, 6) is 0. The number of rotatable bonds is 11. The molecule has 0 radical (unpaired) electrons. The molecular weight excluding hydrogens is 539 g/mol. The van der Waals surface area contributed by atoms with Crippen LogP contribution in [-0.2, 0) is 18.7 Å². The molecule has 2 rings (SSSR count). The van der Waals surface area contributed by atoms with Crippen LogP contribution in [0.15, 0.2) is 70.8 Å². The van der Waals surface area contributed by atoms with Gasteiger partial charge in [0.1, 0.15) is 0 Å². The highest BCUT2D eigenvalue weighted by Crippen LogP contribution is 2.37. The molecule has 0 amide bonds. The van der Waals surface area contributed by atoms with E-state index >= 15 is 0 Å². The van der Waals surface area contributed by atoms with Crippen molar-refractivity contribution >= 4 is 51.4 Å². The maximum Gasteiger partial charge on any atom is 0.264 e. The van der Waals surface area contributed by atoms with Gasteiger partial charge in [-0.3, -0.25) is 4.18 Å². The lowest BCUT2D eigenvalue weighted by Crippen LogP contribution is -2.66. The summed E-state index contributed by atoms with van der Waals surface area (Å²) in [6.07, 6.45) is 2.48. The molecule has 7 heteroatoms. The minimum atomic E-state index is -3.52. The van der Waals surface area contributed by atoms with Crippen molar-refractivity contribution in [3.05, 3.63) is 70.8 Å². The molecule has 1 atom stereocenters. The smallest absolute Gasteiger partial charge is 0.264 e. The zero-order valence-electron chi connectivity index (χ0n) is 18.8. The second kappa shape index (κ2) is 11.2. The number of halogens is 1. The predicted molar refractivity (Wildman–Crippen MR) is 140 cm³/mol. The normalized spacial score (nSPS) is 13.7. The average Bonchev–Trinajstić information content (AvgIpc) is 2.66. The first-order chi connectivity index (χ1) is 14.5. The topological polar surface area (TPSA) is 52.6 Å². The van der Waals surface area contributed by atoms with Crippen molar-refractivity contribution < 1.29 is 17.0 Å². The number of benzene rings is 2. The van der Waals surface area contributed by atoms with E-state index in [-0.39, 0.29) is 5.04 Å². The molecule has 0 saturated carbocycles. The van der Waals surface area contributed by atoms with E-state index in [1.54, 1.807) is 0 Å². The van der Waals surface area contributed by atoms with Crippen molar-refractivity contribution in [3.63, 3.8) is 0 Å². The van der Waals surface area contributed by atoms with Gasteiger partial charge in [-0.15, -0.1) is 0 Å². The third-order valence-corrected chi connectivity index (χ3v) is 11.3. The van der Waals surface area contributed by atoms with Crippen molar-refractivity contribution in [1.82, 2.24) is 0 Å². The SMILES string of the molecule is C=C(I)C[C@@H](CCCO[Si](c1ccccc1)(c1ccccc1)C(C)(C)C)OS(C)(=O)=O. The Labute approximate surface area is 202 Å². The Hall–Kier alpha value is -1.00. The standard InChI is InChI=1S/C24H33IO4SSi/c1-20(25)19-21(29-30(5,26)27)13-12-18-28-31(24(2,3)4,22-14-8-6-9-15-22)23-16-10-7-11-17-23/h6-11,14-17,21H,1,12-13,18-19H2,2-5H3/t21-/m1/s1. The highest BCUT2D eigenvalue weighted by atomic mass is 127. The van der Waals surface area contributed by atoms with Crippen molar-refractivity contribution in [3.8, 4) is 0 Å². The number of hydrogen-bond donors (Lipinski definition) is 0. The van der Waals surface area contributed by atoms with Gasteiger partial charge in [0.15, 0.2) is 0 Å². The molecule has 0 aromatic heterocycles. The van der Waals surface area contributed by atoms with Gasteiger partial charge in [0.25, 0.3) is 18.4 Å². The lowest BCUT2D eigenvalue weighted by atomic mass is 10.1. The van der Waals surface area contributed by atoms with Crippen molar-refractivity contribution in [1.29, 1.82) is 0 Å². The summed E-state index contributed by atoms with van der Waals surface area (Å²) in [6, 6.07) is 21.0. The van der Waals surface area contributed by atoms with E-state index < -0.39 is 24.5 Å². The molecule has 0 unspecified atom stereocenters. The molecule has 0 N–H and O–H groups in total. The van der Waals surface area contributed by atoms with Gasteiger partial charge in [0.2, 0.25) is 0 Å². The third-order valence-electron chi connectivity index (χ3n) is 5.17. The molecule has 0 heterocycles. The third kappa shape index (κ3) is 7.52. The first-order valence-corrected chi connectivity index (χ1v) is 15.2. The molecule has 0 fully saturated rings. The molecular formula is C24H33IO4SSi. The summed E-state index contributed by atoms with van der Waals surface area (Å²) in [4.78, 5) is 0. The Morgan fingerprint density at radius 2 is 1.52 bits per heavy atom. The lowest BCUT2D eigenvalue weighted by Gasteiger charge is -2.43. The molecule has 0 saturated heterocycles. The van der Waals surface area contributed by atoms with Crippen molar-refractivity contribution in [2.45, 2.75) is 51.2 Å². The molecule has 2 aromatic carbocycles. The summed E-state index contributed by atoms with van der Waals surface area (Å²) in [5, 5.41) is 2.38. The van der Waals surface area contributed by atoms with Gasteiger partial charge in [-0.05, 0) is 54.4 Å². The average molecular weight is 573 g/mol. The maximum absolute atomic E-state index is 11.6. The largest absolute Gasteiger partial charge is 0.407 e. The summed E-state index contributed by atoms with van der Waals surface area (Å²) in [5.41, 5.74) is 0. The minimum absolute atomic E-state index is 0.0884. The Bertz CT molecular complexity index is 901. The zero-order valence-corrected chi connectivity index (χ0v) is 22.8. The van der Waals surface area contributed by atoms with E-state index in [1.165, 1.54) is 10.4 Å². The molecule has 4 nitrogen and oxygen atoms in total. The molecule has 0 aliphatic heterocycles. The Morgan fingerprint density at radius 1 is 1.03 bits per heavy atom. The van der Waals surface area contributed by atoms with E-state index in [0.29, 0.717) is 25.9 Å². The first-order valence-electron chi connectivity index (χ1n) is 10.4. The van der Waals surface area contributed by atoms with Gasteiger partial charge >= 0.3 is 0 Å². The van der Waals surface area contributed by atoms with Gasteiger partial charge in [-0.1, -0.05) is 88.0 Å². The summed E-state index contributed by atoms with van der Waals surface area (Å²) in [7, 11) is -6.10. The fourth-order valence-electron chi connectivity index (χ4n) is 3.98. The van der Waals surface area contributed by atoms with Crippen LogP contribution >= 0.6 is 22.6 Å². The highest BCUT2D eigenvalue weighted by Gasteiger charge is 2.49. The van der Waals surface area contributed by atoms with Crippen LogP contribution in [0.1, 0.15) is 40.0 Å². The van der Waals surface area contributed by atoms with Gasteiger partial charge < -0.3 is 4.43 Å². The monoisotopic (exact) mass is 572 g/mol. The minimum Gasteiger partial charge on any atom is -0.407 e. The second-order valence-electron chi connectivity index (χ2n) is 8.80. The van der Waals surface area contributed by atoms with Crippen LogP contribution in [0.4, 0.5) is 0 Å². The molecule has 0 spiro atoms. The van der Waals surface area contributed by atoms with Crippen LogP contribution in [0.3, 0.4) is 0 Å². The first kappa shape index (κ1) is 26.3. The van der Waals surface area contributed by atoms with Gasteiger partial charge in [0, 0.05) is 13.0 Å². The van der Waals surface area contributed by atoms with Gasteiger partial charge in [-0.2, -0.15) is 8.42 Å². The van der Waals surface area contributed by atoms with E-state index in [2.05, 4.69) is 98.5 Å². The zero-order chi connectivity index (χ0) is 23.1.